The van der Waals surface area contributed by atoms with Gasteiger partial charge in [0.2, 0.25) is 0 Å². The normalized spacial score (nSPS) is 19.0. The SMILES string of the molecule is CN1[C]C(=O)N=[C]1. The molecule has 1 aliphatic rings. The fourth-order valence-electron chi connectivity index (χ4n) is 0.314. The van der Waals surface area contributed by atoms with Gasteiger partial charge in [-0.2, -0.15) is 4.99 Å². The average molecular weight is 95.1 g/mol. The first-order valence-electron chi connectivity index (χ1n) is 1.80. The van der Waals surface area contributed by atoms with Gasteiger partial charge in [-0.15, -0.1) is 0 Å². The molecular weight excluding hydrogens is 92.1 g/mol. The van der Waals surface area contributed by atoms with Crippen LogP contribution in [0.25, 0.3) is 0 Å². The summed E-state index contributed by atoms with van der Waals surface area (Å²) >= 11 is 0. The Morgan fingerprint density at radius 1 is 1.86 bits per heavy atom. The van der Waals surface area contributed by atoms with Crippen molar-refractivity contribution in [2.75, 3.05) is 7.05 Å². The highest BCUT2D eigenvalue weighted by Gasteiger charge is 2.10. The van der Waals surface area contributed by atoms with E-state index >= 15 is 0 Å². The highest BCUT2D eigenvalue weighted by molar-refractivity contribution is 5.96. The van der Waals surface area contributed by atoms with Crippen LogP contribution < -0.4 is 0 Å². The average Bonchev–Trinajstić information content (AvgIpc) is 1.87. The zero-order chi connectivity index (χ0) is 5.28. The Labute approximate surface area is 41.6 Å². The highest BCUT2D eigenvalue weighted by Crippen LogP contribution is 1.94. The van der Waals surface area contributed by atoms with Gasteiger partial charge < -0.3 is 4.90 Å². The van der Waals surface area contributed by atoms with Crippen molar-refractivity contribution in [1.82, 2.24) is 4.90 Å². The number of nitrogens with zero attached hydrogens (tertiary/aromatic N) is 2. The minimum Gasteiger partial charge on any atom is -0.337 e. The zero-order valence-corrected chi connectivity index (χ0v) is 3.80. The molecule has 0 aromatic carbocycles. The van der Waals surface area contributed by atoms with Crippen LogP contribution in [0.1, 0.15) is 0 Å². The Morgan fingerprint density at radius 3 is 2.71 bits per heavy atom. The smallest absolute Gasteiger partial charge is 0.280 e. The van der Waals surface area contributed by atoms with Crippen LogP contribution >= 0.6 is 0 Å². The summed E-state index contributed by atoms with van der Waals surface area (Å²) in [6, 6.07) is 0. The van der Waals surface area contributed by atoms with Gasteiger partial charge >= 0.3 is 0 Å². The van der Waals surface area contributed by atoms with E-state index in [0.29, 0.717) is 0 Å². The molecule has 0 spiro atoms. The highest BCUT2D eigenvalue weighted by atomic mass is 16.1. The van der Waals surface area contributed by atoms with E-state index in [4.69, 9.17) is 0 Å². The summed E-state index contributed by atoms with van der Waals surface area (Å²) in [5.41, 5.74) is 0. The van der Waals surface area contributed by atoms with E-state index in [1.54, 1.807) is 7.05 Å². The van der Waals surface area contributed by atoms with Crippen molar-refractivity contribution in [2.45, 2.75) is 0 Å². The zero-order valence-electron chi connectivity index (χ0n) is 3.80. The van der Waals surface area contributed by atoms with E-state index in [0.717, 1.165) is 0 Å². The topological polar surface area (TPSA) is 32.7 Å². The predicted octanol–water partition coefficient (Wildman–Crippen LogP) is -0.598. The van der Waals surface area contributed by atoms with Crippen LogP contribution in [0.4, 0.5) is 0 Å². The van der Waals surface area contributed by atoms with Crippen molar-refractivity contribution in [2.24, 2.45) is 4.99 Å². The van der Waals surface area contributed by atoms with E-state index in [9.17, 15) is 4.79 Å². The van der Waals surface area contributed by atoms with Gasteiger partial charge in [-0.05, 0) is 0 Å². The van der Waals surface area contributed by atoms with Crippen LogP contribution in [0, 0.1) is 6.54 Å². The third kappa shape index (κ3) is 0.765. The van der Waals surface area contributed by atoms with Crippen molar-refractivity contribution in [3.63, 3.8) is 0 Å². The fourth-order valence-corrected chi connectivity index (χ4v) is 0.314. The Balaban J connectivity index is 2.58. The number of hydrogen-bond donors (Lipinski definition) is 0. The summed E-state index contributed by atoms with van der Waals surface area (Å²) in [5.74, 6) is -0.359. The summed E-state index contributed by atoms with van der Waals surface area (Å²) in [4.78, 5) is 14.7. The molecule has 0 atom stereocenters. The summed E-state index contributed by atoms with van der Waals surface area (Å²) in [6.07, 6.45) is 2.37. The lowest BCUT2D eigenvalue weighted by Gasteiger charge is -1.94. The van der Waals surface area contributed by atoms with Gasteiger partial charge in [0, 0.05) is 7.05 Å². The van der Waals surface area contributed by atoms with Gasteiger partial charge in [0.15, 0.2) is 12.9 Å². The lowest BCUT2D eigenvalue weighted by molar-refractivity contribution is -0.114. The molecule has 3 nitrogen and oxygen atoms in total. The van der Waals surface area contributed by atoms with Gasteiger partial charge in [0.25, 0.3) is 5.91 Å². The number of carbonyl (C=O) groups is 1. The second kappa shape index (κ2) is 1.33. The van der Waals surface area contributed by atoms with Crippen LogP contribution in [0.5, 0.6) is 0 Å². The van der Waals surface area contributed by atoms with Crippen LogP contribution in [0.15, 0.2) is 4.99 Å². The Morgan fingerprint density at radius 2 is 2.57 bits per heavy atom. The summed E-state index contributed by atoms with van der Waals surface area (Å²) < 4.78 is 0. The van der Waals surface area contributed by atoms with Crippen molar-refractivity contribution in [1.29, 1.82) is 0 Å². The van der Waals surface area contributed by atoms with Crippen molar-refractivity contribution >= 4 is 12.2 Å². The Bertz CT molecular complexity index is 119. The fraction of sp³-hybridized carbons (Fsp3) is 0.250. The first-order chi connectivity index (χ1) is 3.29. The van der Waals surface area contributed by atoms with Crippen LogP contribution in [-0.2, 0) is 4.79 Å². The molecular formula is C4H3N2O. The molecule has 0 N–H and O–H groups in total. The Hall–Kier alpha value is -0.860. The van der Waals surface area contributed by atoms with Crippen LogP contribution in [-0.4, -0.2) is 24.2 Å². The maximum absolute atomic E-state index is 10.1. The third-order valence-electron chi connectivity index (χ3n) is 0.565. The van der Waals surface area contributed by atoms with Gasteiger partial charge in [-0.1, -0.05) is 0 Å². The molecule has 0 aromatic rings. The molecule has 1 heterocycles. The minimum atomic E-state index is -0.359. The van der Waals surface area contributed by atoms with Gasteiger partial charge in [-0.3, -0.25) is 4.79 Å². The summed E-state index contributed by atoms with van der Waals surface area (Å²) in [7, 11) is 1.65. The maximum atomic E-state index is 10.1. The lowest BCUT2D eigenvalue weighted by atomic mass is 10.6. The quantitative estimate of drug-likeness (QED) is 0.402. The third-order valence-corrected chi connectivity index (χ3v) is 0.565. The van der Waals surface area contributed by atoms with Gasteiger partial charge in [0.1, 0.15) is 0 Å². The van der Waals surface area contributed by atoms with Crippen LogP contribution in [0.2, 0.25) is 0 Å². The van der Waals surface area contributed by atoms with Gasteiger partial charge in [-0.25, -0.2) is 0 Å². The molecule has 0 fully saturated rings. The minimum absolute atomic E-state index is 0.359. The molecule has 1 rings (SSSR count). The molecule has 0 unspecified atom stereocenters. The van der Waals surface area contributed by atoms with E-state index in [2.05, 4.69) is 17.9 Å². The first kappa shape index (κ1) is 4.30. The van der Waals surface area contributed by atoms with E-state index in [1.807, 2.05) is 0 Å². The Kier molecular flexibility index (Phi) is 0.817. The number of aliphatic imine (C=N–C) groups is 1. The van der Waals surface area contributed by atoms with Crippen molar-refractivity contribution < 1.29 is 4.79 Å². The molecule has 0 bridgehead atoms. The monoisotopic (exact) mass is 95.0 g/mol. The molecule has 35 valence electrons. The second-order valence-electron chi connectivity index (χ2n) is 1.19. The largest absolute Gasteiger partial charge is 0.337 e. The molecule has 0 saturated carbocycles. The van der Waals surface area contributed by atoms with E-state index < -0.39 is 0 Å². The van der Waals surface area contributed by atoms with Crippen molar-refractivity contribution in [3.8, 4) is 0 Å². The number of amides is 1. The molecule has 0 saturated heterocycles. The van der Waals surface area contributed by atoms with Gasteiger partial charge in [0.05, 0.1) is 0 Å². The molecule has 3 heteroatoms. The van der Waals surface area contributed by atoms with Crippen LogP contribution in [0.3, 0.4) is 0 Å². The second-order valence-corrected chi connectivity index (χ2v) is 1.19. The maximum Gasteiger partial charge on any atom is 0.280 e. The molecule has 1 aliphatic heterocycles. The molecule has 1 amide bonds. The standard InChI is InChI=1S/C4H3N2O/c1-6-2-4(7)5-3-6/h1H3. The lowest BCUT2D eigenvalue weighted by Crippen LogP contribution is -2.07. The number of likely N-dealkylation sites (N-methyl/N-ethyl adjacent to an activating group) is 1. The number of rotatable bonds is 0. The number of carbonyl (C=O) groups excluding carboxylic acids is 1. The molecule has 7 heavy (non-hydrogen) atoms. The predicted molar refractivity (Wildman–Crippen MR) is 23.4 cm³/mol. The van der Waals surface area contributed by atoms with E-state index in [1.165, 1.54) is 4.90 Å². The number of hydrogen-bond acceptors (Lipinski definition) is 2. The summed E-state index contributed by atoms with van der Waals surface area (Å²) in [6.45, 7) is 2.33. The first-order valence-corrected chi connectivity index (χ1v) is 1.80. The van der Waals surface area contributed by atoms with E-state index in [-0.39, 0.29) is 5.91 Å². The van der Waals surface area contributed by atoms with Crippen molar-refractivity contribution in [3.05, 3.63) is 6.54 Å². The molecule has 0 aliphatic carbocycles. The molecule has 0 aromatic heterocycles. The summed E-state index contributed by atoms with van der Waals surface area (Å²) in [5, 5.41) is 0. The molecule has 3 radical (unpaired) electrons.